The van der Waals surface area contributed by atoms with Crippen LogP contribution in [0.25, 0.3) is 0 Å². The summed E-state index contributed by atoms with van der Waals surface area (Å²) in [7, 11) is 0. The zero-order valence-electron chi connectivity index (χ0n) is 37.1. The third-order valence-corrected chi connectivity index (χ3v) is 18.4. The maximum absolute atomic E-state index is 14.7. The number of aliphatic hydroxyl groups excluding tert-OH is 8. The van der Waals surface area contributed by atoms with E-state index >= 15 is 0 Å². The van der Waals surface area contributed by atoms with Crippen molar-refractivity contribution in [2.24, 2.45) is 56.7 Å². The second-order valence-electron chi connectivity index (χ2n) is 21.2. The fraction of sp³-hybridized carbons (Fsp3) is 0.913. The molecule has 0 spiro atoms. The van der Waals surface area contributed by atoms with Crippen molar-refractivity contribution in [2.45, 2.75) is 187 Å². The van der Waals surface area contributed by atoms with Crippen LogP contribution in [0.2, 0.25) is 0 Å². The molecule has 0 radical (unpaired) electrons. The predicted octanol–water partition coefficient (Wildman–Crippen LogP) is 2.50. The lowest BCUT2D eigenvalue weighted by Gasteiger charge is -2.71. The van der Waals surface area contributed by atoms with Crippen LogP contribution in [0.15, 0.2) is 11.6 Å². The van der Waals surface area contributed by atoms with Crippen LogP contribution in [0.5, 0.6) is 0 Å². The highest BCUT2D eigenvalue weighted by atomic mass is 16.7. The van der Waals surface area contributed by atoms with Gasteiger partial charge in [0.15, 0.2) is 12.4 Å². The van der Waals surface area contributed by atoms with Gasteiger partial charge in [0.2, 0.25) is 6.29 Å². The molecular formula is C46H74O15. The van der Waals surface area contributed by atoms with E-state index in [2.05, 4.69) is 40.7 Å². The molecule has 5 aliphatic carbocycles. The smallest absolute Gasteiger partial charge is 0.338 e. The molecule has 0 aromatic carbocycles. The molecule has 348 valence electrons. The van der Waals surface area contributed by atoms with E-state index in [4.69, 9.17) is 23.7 Å². The minimum Gasteiger partial charge on any atom is -0.464 e. The van der Waals surface area contributed by atoms with Gasteiger partial charge in [0, 0.05) is 5.41 Å². The highest BCUT2D eigenvalue weighted by Gasteiger charge is 2.71. The number of carbonyl (C=O) groups excluding carboxylic acids is 2. The van der Waals surface area contributed by atoms with Crippen molar-refractivity contribution in [3.05, 3.63) is 11.6 Å². The summed E-state index contributed by atoms with van der Waals surface area (Å²) in [6.45, 7) is 14.9. The van der Waals surface area contributed by atoms with E-state index in [1.165, 1.54) is 5.57 Å². The number of esters is 2. The van der Waals surface area contributed by atoms with Gasteiger partial charge in [-0.1, -0.05) is 66.5 Å². The highest BCUT2D eigenvalue weighted by molar-refractivity contribution is 5.79. The van der Waals surface area contributed by atoms with Crippen LogP contribution >= 0.6 is 0 Å². The maximum atomic E-state index is 14.7. The largest absolute Gasteiger partial charge is 0.464 e. The van der Waals surface area contributed by atoms with Crippen LogP contribution in [-0.2, 0) is 33.3 Å². The lowest BCUT2D eigenvalue weighted by Crippen LogP contribution is -2.67. The summed E-state index contributed by atoms with van der Waals surface area (Å²) in [5.41, 5.74) is -1.12. The molecule has 8 N–H and O–H groups in total. The quantitative estimate of drug-likeness (QED) is 0.0681. The highest BCUT2D eigenvalue weighted by Crippen LogP contribution is 2.76. The molecule has 2 saturated heterocycles. The van der Waals surface area contributed by atoms with Crippen molar-refractivity contribution in [3.63, 3.8) is 0 Å². The number of rotatable bonds is 10. The number of carbonyl (C=O) groups is 2. The first-order valence-electron chi connectivity index (χ1n) is 23.1. The second kappa shape index (κ2) is 17.2. The Morgan fingerprint density at radius 1 is 0.787 bits per heavy atom. The third kappa shape index (κ3) is 7.26. The van der Waals surface area contributed by atoms with E-state index in [9.17, 15) is 50.4 Å². The molecular weight excluding hydrogens is 792 g/mol. The van der Waals surface area contributed by atoms with Gasteiger partial charge in [-0.05, 0) is 110 Å². The van der Waals surface area contributed by atoms with E-state index in [-0.39, 0.29) is 53.1 Å². The Morgan fingerprint density at radius 2 is 1.48 bits per heavy atom. The molecule has 2 aliphatic heterocycles. The lowest BCUT2D eigenvalue weighted by atomic mass is 9.33. The monoisotopic (exact) mass is 867 g/mol. The summed E-state index contributed by atoms with van der Waals surface area (Å²) in [5, 5.41) is 85.3. The number of unbranched alkanes of at least 4 members (excludes halogenated alkanes) is 1. The molecule has 15 nitrogen and oxygen atoms in total. The van der Waals surface area contributed by atoms with Gasteiger partial charge in [0.1, 0.15) is 42.7 Å². The molecule has 7 aliphatic rings. The van der Waals surface area contributed by atoms with E-state index in [0.717, 1.165) is 44.9 Å². The first kappa shape index (κ1) is 47.2. The van der Waals surface area contributed by atoms with Crippen LogP contribution in [0.3, 0.4) is 0 Å². The van der Waals surface area contributed by atoms with E-state index < -0.39 is 96.9 Å². The minimum atomic E-state index is -1.71. The molecule has 0 aromatic heterocycles. The van der Waals surface area contributed by atoms with Crippen molar-refractivity contribution in [3.8, 4) is 0 Å². The van der Waals surface area contributed by atoms with Crippen molar-refractivity contribution < 1.29 is 74.1 Å². The molecule has 0 bridgehead atoms. The second-order valence-corrected chi connectivity index (χ2v) is 21.2. The van der Waals surface area contributed by atoms with Crippen molar-refractivity contribution >= 4 is 11.9 Å². The van der Waals surface area contributed by atoms with Gasteiger partial charge in [-0.15, -0.1) is 0 Å². The lowest BCUT2D eigenvalue weighted by molar-refractivity contribution is -0.328. The molecule has 21 atom stereocenters. The maximum Gasteiger partial charge on any atom is 0.338 e. The molecule has 61 heavy (non-hydrogen) atoms. The standard InChI is InChI=1S/C46H74O15/c1-8-9-20-57-38(55)37-34(52)33(51)36(54)40(60-37)59-29-14-15-42(4)27(43(29,5)22-48)13-16-45(7)28(42)11-10-25-30-24(3)23(2)12-17-46(30,19-18-44(25,45)6)41(56)61-39-35(53)32(50)31(49)26(21-47)58-39/h10,23-24,26-37,39-40,47-54H,8-9,11-22H2,1-7H3/t23-,24+,26-,27-,28-,29+,30+,31-,32+,33+,34+,35-,36-,37+,39+,40-,42+,43+,44-,45-,46+/m1/s1. The SMILES string of the molecule is CCCCOC(=O)[C@H]1O[C@@H](O[C@H]2CC[C@@]3(C)[C@@H](CC[C@]4(C)[C@@H]3CC=C3[C@@H]5[C@@H](C)[C@H](C)CC[C@]5(C(=O)O[C@@H]5O[C@H](CO)[C@@H](O)[C@H](O)[C@H]5O)CC[C@]34C)[C@]2(C)CO)[C@H](O)[C@@H](O)[C@@H]1O. The van der Waals surface area contributed by atoms with Gasteiger partial charge in [-0.3, -0.25) is 4.79 Å². The molecule has 0 unspecified atom stereocenters. The van der Waals surface area contributed by atoms with Gasteiger partial charge in [-0.2, -0.15) is 0 Å². The number of aliphatic hydroxyl groups is 8. The summed E-state index contributed by atoms with van der Waals surface area (Å²) in [6.07, 6.45) is -6.11. The molecule has 0 aromatic rings. The Morgan fingerprint density at radius 3 is 2.15 bits per heavy atom. The van der Waals surface area contributed by atoms with Crippen molar-refractivity contribution in [2.75, 3.05) is 19.8 Å². The molecule has 15 heteroatoms. The number of hydrogen-bond donors (Lipinski definition) is 8. The average molecular weight is 867 g/mol. The fourth-order valence-electron chi connectivity index (χ4n) is 14.2. The van der Waals surface area contributed by atoms with Gasteiger partial charge in [-0.25, -0.2) is 4.79 Å². The van der Waals surface area contributed by atoms with Crippen molar-refractivity contribution in [1.82, 2.24) is 0 Å². The van der Waals surface area contributed by atoms with Crippen LogP contribution < -0.4 is 0 Å². The van der Waals surface area contributed by atoms with Crippen molar-refractivity contribution in [1.29, 1.82) is 0 Å². The first-order chi connectivity index (χ1) is 28.7. The summed E-state index contributed by atoms with van der Waals surface area (Å²) in [6, 6.07) is 0. The van der Waals surface area contributed by atoms with Crippen LogP contribution in [0.4, 0.5) is 0 Å². The zero-order valence-corrected chi connectivity index (χ0v) is 37.1. The fourth-order valence-corrected chi connectivity index (χ4v) is 14.2. The summed E-state index contributed by atoms with van der Waals surface area (Å²) in [5.74, 6) is -0.804. The Labute approximate surface area is 360 Å². The zero-order chi connectivity index (χ0) is 44.6. The number of allylic oxidation sites excluding steroid dienone is 2. The molecule has 4 saturated carbocycles. The minimum absolute atomic E-state index is 0.00347. The summed E-state index contributed by atoms with van der Waals surface area (Å²) in [4.78, 5) is 27.6. The number of hydrogen-bond acceptors (Lipinski definition) is 15. The summed E-state index contributed by atoms with van der Waals surface area (Å²) < 4.78 is 29.3. The molecule has 6 fully saturated rings. The van der Waals surface area contributed by atoms with Gasteiger partial charge in [0.25, 0.3) is 0 Å². The van der Waals surface area contributed by atoms with Crippen LogP contribution in [0.1, 0.15) is 119 Å². The topological polar surface area (TPSA) is 242 Å². The third-order valence-electron chi connectivity index (χ3n) is 18.4. The molecule has 7 rings (SSSR count). The number of ether oxygens (including phenoxy) is 5. The molecule has 0 amide bonds. The Kier molecular flexibility index (Phi) is 13.3. The Balaban J connectivity index is 1.15. The van der Waals surface area contributed by atoms with Crippen LogP contribution in [-0.4, -0.2) is 140 Å². The van der Waals surface area contributed by atoms with E-state index in [1.54, 1.807) is 0 Å². The normalized spacial score (nSPS) is 52.1. The Hall–Kier alpha value is -1.76. The number of fused-ring (bicyclic) bond motifs is 7. The first-order valence-corrected chi connectivity index (χ1v) is 23.1. The predicted molar refractivity (Wildman–Crippen MR) is 218 cm³/mol. The average Bonchev–Trinajstić information content (AvgIpc) is 3.23. The van der Waals surface area contributed by atoms with Gasteiger partial charge >= 0.3 is 11.9 Å². The van der Waals surface area contributed by atoms with E-state index in [1.807, 2.05) is 13.8 Å². The van der Waals surface area contributed by atoms with E-state index in [0.29, 0.717) is 31.6 Å². The van der Waals surface area contributed by atoms with Gasteiger partial charge in [0.05, 0.1) is 31.3 Å². The summed E-state index contributed by atoms with van der Waals surface area (Å²) >= 11 is 0. The molecule has 2 heterocycles. The van der Waals surface area contributed by atoms with Crippen LogP contribution in [0, 0.1) is 56.7 Å². The van der Waals surface area contributed by atoms with Gasteiger partial charge < -0.3 is 64.5 Å². The Bertz CT molecular complexity index is 1640.